The summed E-state index contributed by atoms with van der Waals surface area (Å²) in [5.41, 5.74) is 16.7. The van der Waals surface area contributed by atoms with E-state index in [0.29, 0.717) is 0 Å². The van der Waals surface area contributed by atoms with Crippen molar-refractivity contribution in [2.45, 2.75) is 18.9 Å². The fourth-order valence-corrected chi connectivity index (χ4v) is 2.11. The maximum absolute atomic E-state index is 8.67. The van der Waals surface area contributed by atoms with E-state index in [4.69, 9.17) is 16.5 Å². The van der Waals surface area contributed by atoms with Crippen molar-refractivity contribution >= 4 is 5.84 Å². The molecule has 0 unspecified atom stereocenters. The lowest BCUT2D eigenvalue weighted by Gasteiger charge is -2.07. The largest absolute Gasteiger partial charge is 0.409 e. The number of hydrogen-bond donors (Lipinski definition) is 2. The van der Waals surface area contributed by atoms with Crippen LogP contribution >= 0.6 is 0 Å². The first-order chi connectivity index (χ1) is 7.77. The van der Waals surface area contributed by atoms with Crippen molar-refractivity contribution < 1.29 is 5.21 Å². The minimum absolute atomic E-state index is 0.0958. The molecule has 0 radical (unpaired) electrons. The molecule has 2 rings (SSSR count). The summed E-state index contributed by atoms with van der Waals surface area (Å²) in [5, 5.41) is 15.4. The molecule has 1 atom stereocenters. The Morgan fingerprint density at radius 1 is 1.56 bits per heavy atom. The molecule has 1 aliphatic carbocycles. The summed E-state index contributed by atoms with van der Waals surface area (Å²) in [4.78, 5) is 2.83. The molecule has 0 saturated heterocycles. The summed E-state index contributed by atoms with van der Waals surface area (Å²) in [6.07, 6.45) is 1.56. The molecule has 0 bridgehead atoms. The lowest BCUT2D eigenvalue weighted by atomic mass is 10.0. The number of benzene rings is 1. The van der Waals surface area contributed by atoms with Gasteiger partial charge < -0.3 is 10.9 Å². The van der Waals surface area contributed by atoms with E-state index in [1.807, 2.05) is 12.1 Å². The van der Waals surface area contributed by atoms with Gasteiger partial charge in [-0.15, -0.1) is 0 Å². The van der Waals surface area contributed by atoms with Crippen molar-refractivity contribution in [1.29, 1.82) is 0 Å². The predicted octanol–water partition coefficient (Wildman–Crippen LogP) is 2.08. The number of oxime groups is 1. The first-order valence-electron chi connectivity index (χ1n) is 4.91. The maximum atomic E-state index is 8.67. The van der Waals surface area contributed by atoms with Gasteiger partial charge in [0.1, 0.15) is 0 Å². The van der Waals surface area contributed by atoms with Gasteiger partial charge in [-0.2, -0.15) is 0 Å². The minimum atomic E-state index is -0.133. The second kappa shape index (κ2) is 4.12. The molecule has 1 aromatic rings. The summed E-state index contributed by atoms with van der Waals surface area (Å²) in [7, 11) is 0. The Kier molecular flexibility index (Phi) is 2.66. The molecule has 1 aromatic carbocycles. The lowest BCUT2D eigenvalue weighted by Crippen LogP contribution is -2.15. The molecule has 82 valence electrons. The van der Waals surface area contributed by atoms with Crippen molar-refractivity contribution in [2.75, 3.05) is 0 Å². The quantitative estimate of drug-likeness (QED) is 0.150. The molecule has 6 nitrogen and oxygen atoms in total. The predicted molar refractivity (Wildman–Crippen MR) is 59.2 cm³/mol. The average molecular weight is 217 g/mol. The molecule has 0 spiro atoms. The molecule has 0 saturated carbocycles. The highest BCUT2D eigenvalue weighted by Crippen LogP contribution is 2.35. The smallest absolute Gasteiger partial charge is 0.170 e. The maximum Gasteiger partial charge on any atom is 0.170 e. The number of hydrogen-bond acceptors (Lipinski definition) is 3. The monoisotopic (exact) mass is 217 g/mol. The van der Waals surface area contributed by atoms with Crippen LogP contribution in [0, 0.1) is 0 Å². The molecule has 0 aliphatic heterocycles. The Hall–Kier alpha value is -2.20. The van der Waals surface area contributed by atoms with E-state index >= 15 is 0 Å². The molecule has 0 amide bonds. The number of fused-ring (bicyclic) bond motifs is 1. The van der Waals surface area contributed by atoms with Crippen LogP contribution < -0.4 is 5.73 Å². The fraction of sp³-hybridized carbons (Fsp3) is 0.300. The number of nitrogens with two attached hydrogens (primary N) is 1. The van der Waals surface area contributed by atoms with E-state index in [1.54, 1.807) is 6.07 Å². The lowest BCUT2D eigenvalue weighted by molar-refractivity contribution is 0.318. The van der Waals surface area contributed by atoms with Crippen LogP contribution in [0.1, 0.15) is 29.2 Å². The normalized spacial score (nSPS) is 19.0. The van der Waals surface area contributed by atoms with Crippen molar-refractivity contribution in [3.05, 3.63) is 45.3 Å². The Bertz CT molecular complexity index is 490. The van der Waals surface area contributed by atoms with E-state index < -0.39 is 0 Å². The molecule has 3 N–H and O–H groups in total. The van der Waals surface area contributed by atoms with Gasteiger partial charge in [-0.1, -0.05) is 28.5 Å². The SMILES string of the molecule is [N-]=[N+]=N[C@H]1CCc2c(C(N)=NO)cccc21. The Balaban J connectivity index is 2.51. The van der Waals surface area contributed by atoms with E-state index in [9.17, 15) is 0 Å². The van der Waals surface area contributed by atoms with E-state index in [0.717, 1.165) is 29.5 Å². The molecular weight excluding hydrogens is 206 g/mol. The van der Waals surface area contributed by atoms with Gasteiger partial charge in [0, 0.05) is 10.5 Å². The van der Waals surface area contributed by atoms with Gasteiger partial charge in [0.2, 0.25) is 0 Å². The summed E-state index contributed by atoms with van der Waals surface area (Å²) >= 11 is 0. The van der Waals surface area contributed by atoms with Crippen molar-refractivity contribution in [3.8, 4) is 0 Å². The minimum Gasteiger partial charge on any atom is -0.409 e. The summed E-state index contributed by atoms with van der Waals surface area (Å²) < 4.78 is 0. The van der Waals surface area contributed by atoms with Crippen LogP contribution in [0.3, 0.4) is 0 Å². The average Bonchev–Trinajstić information content (AvgIpc) is 2.72. The van der Waals surface area contributed by atoms with Crippen molar-refractivity contribution in [3.63, 3.8) is 0 Å². The first kappa shape index (κ1) is 10.3. The molecule has 6 heteroatoms. The fourth-order valence-electron chi connectivity index (χ4n) is 2.11. The van der Waals surface area contributed by atoms with Gasteiger partial charge in [0.05, 0.1) is 6.04 Å². The van der Waals surface area contributed by atoms with Gasteiger partial charge in [0.15, 0.2) is 5.84 Å². The molecular formula is C10H11N5O. The summed E-state index contributed by atoms with van der Waals surface area (Å²) in [5.74, 6) is 0.0958. The molecule has 0 fully saturated rings. The third-order valence-electron chi connectivity index (χ3n) is 2.81. The van der Waals surface area contributed by atoms with Gasteiger partial charge in [-0.25, -0.2) is 0 Å². The van der Waals surface area contributed by atoms with Crippen LogP contribution in [-0.2, 0) is 6.42 Å². The van der Waals surface area contributed by atoms with Crippen LogP contribution in [0.4, 0.5) is 0 Å². The Morgan fingerprint density at radius 2 is 2.38 bits per heavy atom. The van der Waals surface area contributed by atoms with Crippen LogP contribution in [0.15, 0.2) is 28.5 Å². The first-order valence-corrected chi connectivity index (χ1v) is 4.91. The Labute approximate surface area is 92.0 Å². The van der Waals surface area contributed by atoms with Gasteiger partial charge in [-0.05, 0) is 29.5 Å². The van der Waals surface area contributed by atoms with Gasteiger partial charge >= 0.3 is 0 Å². The topological polar surface area (TPSA) is 107 Å². The highest BCUT2D eigenvalue weighted by atomic mass is 16.4. The molecule has 0 aromatic heterocycles. The van der Waals surface area contributed by atoms with Crippen molar-refractivity contribution in [2.24, 2.45) is 16.0 Å². The standard InChI is InChI=1S/C10H11N5O/c11-10(14-16)8-3-1-2-7-6(8)4-5-9(7)13-15-12/h1-3,9,16H,4-5H2,(H2,11,14)/t9-/m0/s1. The molecule has 0 heterocycles. The third-order valence-corrected chi connectivity index (χ3v) is 2.81. The summed E-state index contributed by atoms with van der Waals surface area (Å²) in [6.45, 7) is 0. The summed E-state index contributed by atoms with van der Waals surface area (Å²) in [6, 6.07) is 5.39. The van der Waals surface area contributed by atoms with Crippen molar-refractivity contribution in [1.82, 2.24) is 0 Å². The zero-order valence-corrected chi connectivity index (χ0v) is 8.54. The van der Waals surface area contributed by atoms with Gasteiger partial charge in [-0.3, -0.25) is 0 Å². The van der Waals surface area contributed by atoms with Crippen LogP contribution in [0.2, 0.25) is 0 Å². The second-order valence-electron chi connectivity index (χ2n) is 3.62. The van der Waals surface area contributed by atoms with E-state index in [2.05, 4.69) is 15.2 Å². The molecule has 1 aliphatic rings. The number of rotatable bonds is 2. The van der Waals surface area contributed by atoms with Crippen LogP contribution in [-0.4, -0.2) is 11.0 Å². The Morgan fingerprint density at radius 3 is 3.06 bits per heavy atom. The number of nitrogens with zero attached hydrogens (tertiary/aromatic N) is 4. The third kappa shape index (κ3) is 1.55. The number of amidine groups is 1. The van der Waals surface area contributed by atoms with E-state index in [-0.39, 0.29) is 11.9 Å². The molecule has 16 heavy (non-hydrogen) atoms. The zero-order chi connectivity index (χ0) is 11.5. The van der Waals surface area contributed by atoms with Crippen LogP contribution in [0.25, 0.3) is 10.4 Å². The number of azide groups is 1. The highest BCUT2D eigenvalue weighted by Gasteiger charge is 2.24. The van der Waals surface area contributed by atoms with Crippen LogP contribution in [0.5, 0.6) is 0 Å². The van der Waals surface area contributed by atoms with Gasteiger partial charge in [0.25, 0.3) is 0 Å². The zero-order valence-electron chi connectivity index (χ0n) is 8.54. The highest BCUT2D eigenvalue weighted by molar-refractivity contribution is 5.98. The van der Waals surface area contributed by atoms with E-state index in [1.165, 1.54) is 0 Å². The second-order valence-corrected chi connectivity index (χ2v) is 3.62.